The van der Waals surface area contributed by atoms with Gasteiger partial charge in [-0.05, 0) is 34.9 Å². The maximum absolute atomic E-state index is 13.6. The summed E-state index contributed by atoms with van der Waals surface area (Å²) in [6.45, 7) is 0.797. The lowest BCUT2D eigenvalue weighted by Crippen LogP contribution is -2.25. The first-order chi connectivity index (χ1) is 12.7. The number of benzene rings is 3. The van der Waals surface area contributed by atoms with Gasteiger partial charge in [0, 0.05) is 6.54 Å². The van der Waals surface area contributed by atoms with Gasteiger partial charge in [0.05, 0.1) is 6.42 Å². The van der Waals surface area contributed by atoms with Crippen LogP contribution in [-0.2, 0) is 24.4 Å². The van der Waals surface area contributed by atoms with Gasteiger partial charge in [0.15, 0.2) is 0 Å². The predicted octanol–water partition coefficient (Wildman–Crippen LogP) is 4.26. The summed E-state index contributed by atoms with van der Waals surface area (Å²) in [5.74, 6) is 0.221. The number of amides is 1. The Balaban J connectivity index is 1.58. The molecule has 3 nitrogen and oxygen atoms in total. The van der Waals surface area contributed by atoms with Crippen LogP contribution >= 0.6 is 0 Å². The molecule has 0 aliphatic rings. The van der Waals surface area contributed by atoms with Crippen LogP contribution in [0.25, 0.3) is 0 Å². The molecule has 0 bridgehead atoms. The number of rotatable bonds is 7. The number of hydrogen-bond donors (Lipinski definition) is 1. The van der Waals surface area contributed by atoms with Gasteiger partial charge >= 0.3 is 0 Å². The van der Waals surface area contributed by atoms with Crippen molar-refractivity contribution in [3.63, 3.8) is 0 Å². The number of carbonyl (C=O) groups excluding carboxylic acids is 1. The number of carbonyl (C=O) groups is 1. The fraction of sp³-hybridized carbons (Fsp3) is 0.136. The van der Waals surface area contributed by atoms with Gasteiger partial charge in [0.2, 0.25) is 5.91 Å². The zero-order chi connectivity index (χ0) is 18.2. The van der Waals surface area contributed by atoms with Crippen LogP contribution in [0, 0.1) is 5.82 Å². The molecule has 26 heavy (non-hydrogen) atoms. The van der Waals surface area contributed by atoms with Crippen molar-refractivity contribution in [1.82, 2.24) is 5.32 Å². The summed E-state index contributed by atoms with van der Waals surface area (Å²) < 4.78 is 19.4. The van der Waals surface area contributed by atoms with Crippen LogP contribution in [0.3, 0.4) is 0 Å². The Kier molecular flexibility index (Phi) is 5.99. The van der Waals surface area contributed by atoms with Gasteiger partial charge < -0.3 is 10.1 Å². The van der Waals surface area contributed by atoms with Crippen molar-refractivity contribution in [3.05, 3.63) is 101 Å². The molecule has 0 unspecified atom stereocenters. The molecule has 0 spiro atoms. The number of halogens is 1. The van der Waals surface area contributed by atoms with Crippen molar-refractivity contribution in [2.75, 3.05) is 0 Å². The van der Waals surface area contributed by atoms with E-state index in [9.17, 15) is 9.18 Å². The highest BCUT2D eigenvalue weighted by molar-refractivity contribution is 5.78. The van der Waals surface area contributed by atoms with Crippen LogP contribution < -0.4 is 10.1 Å². The molecule has 0 saturated carbocycles. The summed E-state index contributed by atoms with van der Waals surface area (Å²) in [5.41, 5.74) is 2.37. The largest absolute Gasteiger partial charge is 0.489 e. The van der Waals surface area contributed by atoms with Gasteiger partial charge in [-0.15, -0.1) is 0 Å². The molecule has 4 heteroatoms. The Morgan fingerprint density at radius 3 is 2.15 bits per heavy atom. The van der Waals surface area contributed by atoms with Gasteiger partial charge in [0.1, 0.15) is 18.2 Å². The molecule has 1 amide bonds. The quantitative estimate of drug-likeness (QED) is 0.692. The Bertz CT molecular complexity index is 865. The van der Waals surface area contributed by atoms with Crippen LogP contribution in [0.5, 0.6) is 5.75 Å². The van der Waals surface area contributed by atoms with Gasteiger partial charge in [0.25, 0.3) is 0 Å². The van der Waals surface area contributed by atoms with Crippen molar-refractivity contribution in [2.24, 2.45) is 0 Å². The SMILES string of the molecule is O=C(Cc1ccccc1F)NCc1ccccc1COc1ccccc1. The molecule has 0 radical (unpaired) electrons. The standard InChI is InChI=1S/C22H20FNO2/c23-21-13-7-6-8-17(21)14-22(25)24-15-18-9-4-5-10-19(18)16-26-20-11-2-1-3-12-20/h1-13H,14-16H2,(H,24,25). The van der Waals surface area contributed by atoms with Crippen LogP contribution in [0.15, 0.2) is 78.9 Å². The summed E-state index contributed by atoms with van der Waals surface area (Å²) >= 11 is 0. The molecule has 0 atom stereocenters. The van der Waals surface area contributed by atoms with Crippen LogP contribution in [-0.4, -0.2) is 5.91 Å². The molecule has 3 aromatic rings. The highest BCUT2D eigenvalue weighted by Gasteiger charge is 2.09. The second-order valence-electron chi connectivity index (χ2n) is 5.92. The van der Waals surface area contributed by atoms with Gasteiger partial charge in [-0.2, -0.15) is 0 Å². The van der Waals surface area contributed by atoms with Crippen LogP contribution in [0.1, 0.15) is 16.7 Å². The third-order valence-electron chi connectivity index (χ3n) is 4.04. The van der Waals surface area contributed by atoms with Gasteiger partial charge in [-0.3, -0.25) is 4.79 Å². The molecule has 0 fully saturated rings. The van der Waals surface area contributed by atoms with Crippen LogP contribution in [0.2, 0.25) is 0 Å². The van der Waals surface area contributed by atoms with E-state index in [1.807, 2.05) is 54.6 Å². The molecule has 0 saturated heterocycles. The first kappa shape index (κ1) is 17.7. The fourth-order valence-corrected chi connectivity index (χ4v) is 2.62. The van der Waals surface area contributed by atoms with Crippen molar-refractivity contribution >= 4 is 5.91 Å². The first-order valence-corrected chi connectivity index (χ1v) is 8.47. The lowest BCUT2D eigenvalue weighted by molar-refractivity contribution is -0.120. The summed E-state index contributed by atoms with van der Waals surface area (Å²) in [6.07, 6.45) is 0.0232. The normalized spacial score (nSPS) is 10.3. The third-order valence-corrected chi connectivity index (χ3v) is 4.04. The van der Waals surface area contributed by atoms with E-state index in [0.717, 1.165) is 16.9 Å². The average Bonchev–Trinajstić information content (AvgIpc) is 2.68. The minimum absolute atomic E-state index is 0.0232. The zero-order valence-corrected chi connectivity index (χ0v) is 14.3. The van der Waals surface area contributed by atoms with Crippen LogP contribution in [0.4, 0.5) is 4.39 Å². The average molecular weight is 349 g/mol. The second kappa shape index (κ2) is 8.81. The second-order valence-corrected chi connectivity index (χ2v) is 5.92. The van der Waals surface area contributed by atoms with E-state index in [-0.39, 0.29) is 18.1 Å². The Morgan fingerprint density at radius 1 is 0.808 bits per heavy atom. The van der Waals surface area contributed by atoms with Gasteiger partial charge in [-0.25, -0.2) is 4.39 Å². The zero-order valence-electron chi connectivity index (χ0n) is 14.3. The van der Waals surface area contributed by atoms with E-state index in [1.54, 1.807) is 18.2 Å². The Morgan fingerprint density at radius 2 is 1.42 bits per heavy atom. The lowest BCUT2D eigenvalue weighted by Gasteiger charge is -2.12. The monoisotopic (exact) mass is 349 g/mol. The van der Waals surface area contributed by atoms with E-state index >= 15 is 0 Å². The molecule has 1 N–H and O–H groups in total. The molecule has 3 rings (SSSR count). The lowest BCUT2D eigenvalue weighted by atomic mass is 10.1. The molecule has 0 heterocycles. The third kappa shape index (κ3) is 4.93. The summed E-state index contributed by atoms with van der Waals surface area (Å²) in [5, 5.41) is 2.85. The smallest absolute Gasteiger partial charge is 0.224 e. The van der Waals surface area contributed by atoms with E-state index < -0.39 is 0 Å². The summed E-state index contributed by atoms with van der Waals surface area (Å²) in [4.78, 5) is 12.1. The Hall–Kier alpha value is -3.14. The molecule has 0 aliphatic heterocycles. The number of nitrogens with one attached hydrogen (secondary N) is 1. The predicted molar refractivity (Wildman–Crippen MR) is 99.2 cm³/mol. The molecule has 0 aliphatic carbocycles. The molecule has 132 valence electrons. The van der Waals surface area contributed by atoms with E-state index in [1.165, 1.54) is 6.07 Å². The summed E-state index contributed by atoms with van der Waals surface area (Å²) in [7, 11) is 0. The molecule has 0 aromatic heterocycles. The summed E-state index contributed by atoms with van der Waals surface area (Å²) in [6, 6.07) is 23.7. The van der Waals surface area contributed by atoms with Gasteiger partial charge in [-0.1, -0.05) is 60.7 Å². The van der Waals surface area contributed by atoms with E-state index in [4.69, 9.17) is 4.74 Å². The molecular weight excluding hydrogens is 329 g/mol. The van der Waals surface area contributed by atoms with E-state index in [0.29, 0.717) is 18.7 Å². The first-order valence-electron chi connectivity index (χ1n) is 8.47. The maximum Gasteiger partial charge on any atom is 0.224 e. The minimum atomic E-state index is -0.362. The Labute approximate surface area is 152 Å². The van der Waals surface area contributed by atoms with E-state index in [2.05, 4.69) is 5.32 Å². The fourth-order valence-electron chi connectivity index (χ4n) is 2.62. The van der Waals surface area contributed by atoms with Crippen molar-refractivity contribution in [1.29, 1.82) is 0 Å². The highest BCUT2D eigenvalue weighted by atomic mass is 19.1. The topological polar surface area (TPSA) is 38.3 Å². The maximum atomic E-state index is 13.6. The van der Waals surface area contributed by atoms with Crippen molar-refractivity contribution in [3.8, 4) is 5.75 Å². The number of para-hydroxylation sites is 1. The number of hydrogen-bond acceptors (Lipinski definition) is 2. The molecular formula is C22H20FNO2. The minimum Gasteiger partial charge on any atom is -0.489 e. The number of ether oxygens (including phenoxy) is 1. The highest BCUT2D eigenvalue weighted by Crippen LogP contribution is 2.15. The van der Waals surface area contributed by atoms with Crippen molar-refractivity contribution in [2.45, 2.75) is 19.6 Å². The van der Waals surface area contributed by atoms with Crippen molar-refractivity contribution < 1.29 is 13.9 Å². The molecule has 3 aromatic carbocycles.